The Balaban J connectivity index is 1.97. The van der Waals surface area contributed by atoms with E-state index in [4.69, 9.17) is 15.0 Å². The quantitative estimate of drug-likeness (QED) is 0.394. The maximum atomic E-state index is 12.0. The molecule has 26 heavy (non-hydrogen) atoms. The van der Waals surface area contributed by atoms with Crippen LogP contribution in [-0.2, 0) is 17.8 Å². The molecule has 0 unspecified atom stereocenters. The van der Waals surface area contributed by atoms with Gasteiger partial charge in [-0.2, -0.15) is 0 Å². The number of nitrogens with zero attached hydrogens (tertiary/aromatic N) is 3. The molecule has 0 aromatic carbocycles. The van der Waals surface area contributed by atoms with Crippen molar-refractivity contribution in [1.29, 1.82) is 0 Å². The maximum absolute atomic E-state index is 12.0. The predicted octanol–water partition coefficient (Wildman–Crippen LogP) is 1.78. The van der Waals surface area contributed by atoms with E-state index < -0.39 is 5.91 Å². The second-order valence-corrected chi connectivity index (χ2v) is 5.67. The van der Waals surface area contributed by atoms with Crippen LogP contribution in [0.5, 0.6) is 0 Å². The van der Waals surface area contributed by atoms with Gasteiger partial charge in [-0.15, -0.1) is 0 Å². The summed E-state index contributed by atoms with van der Waals surface area (Å²) in [6.07, 6.45) is 0.357. The van der Waals surface area contributed by atoms with Gasteiger partial charge in [0, 0.05) is 12.8 Å². The lowest BCUT2D eigenvalue weighted by Crippen LogP contribution is -2.31. The van der Waals surface area contributed by atoms with Gasteiger partial charge in [-0.25, -0.2) is 15.8 Å². The molecule has 0 atom stereocenters. The summed E-state index contributed by atoms with van der Waals surface area (Å²) in [6, 6.07) is 10.8. The molecule has 3 aromatic heterocycles. The highest BCUT2D eigenvalue weighted by molar-refractivity contribution is 5.92. The Morgan fingerprint density at radius 3 is 2.69 bits per heavy atom. The molecule has 0 aliphatic carbocycles. The molecule has 8 heteroatoms. The number of hydrogen-bond acceptors (Lipinski definition) is 7. The van der Waals surface area contributed by atoms with E-state index in [9.17, 15) is 4.79 Å². The van der Waals surface area contributed by atoms with Crippen molar-refractivity contribution in [2.75, 3.05) is 7.11 Å². The molecule has 3 heterocycles. The topological polar surface area (TPSA) is 116 Å². The summed E-state index contributed by atoms with van der Waals surface area (Å²) in [7, 11) is 1.62. The van der Waals surface area contributed by atoms with Crippen molar-refractivity contribution >= 4 is 5.91 Å². The SMILES string of the molecule is COCc1cccc(Cc2nc(C(=O)NN)cc(-c3ccc(C)o3)n2)n1. The van der Waals surface area contributed by atoms with Crippen molar-refractivity contribution in [1.82, 2.24) is 20.4 Å². The molecule has 0 fully saturated rings. The molecule has 0 spiro atoms. The minimum Gasteiger partial charge on any atom is -0.460 e. The molecule has 134 valence electrons. The van der Waals surface area contributed by atoms with Gasteiger partial charge in [-0.3, -0.25) is 15.2 Å². The number of nitrogens with two attached hydrogens (primary N) is 1. The summed E-state index contributed by atoms with van der Waals surface area (Å²) in [5.41, 5.74) is 4.34. The van der Waals surface area contributed by atoms with E-state index in [2.05, 4.69) is 20.4 Å². The van der Waals surface area contributed by atoms with Crippen molar-refractivity contribution < 1.29 is 13.9 Å². The van der Waals surface area contributed by atoms with Gasteiger partial charge in [-0.05, 0) is 37.3 Å². The summed E-state index contributed by atoms with van der Waals surface area (Å²) in [5, 5.41) is 0. The Morgan fingerprint density at radius 2 is 2.00 bits per heavy atom. The molecule has 0 saturated heterocycles. The minimum atomic E-state index is -0.501. The van der Waals surface area contributed by atoms with Crippen LogP contribution in [0.1, 0.15) is 33.5 Å². The third-order valence-electron chi connectivity index (χ3n) is 3.62. The number of nitrogen functional groups attached to an aromatic ring is 1. The molecular formula is C18H19N5O3. The first-order chi connectivity index (χ1) is 12.6. The number of carbonyl (C=O) groups excluding carboxylic acids is 1. The van der Waals surface area contributed by atoms with Gasteiger partial charge in [-0.1, -0.05) is 6.07 Å². The number of pyridine rings is 1. The fourth-order valence-corrected chi connectivity index (χ4v) is 2.48. The maximum Gasteiger partial charge on any atom is 0.283 e. The van der Waals surface area contributed by atoms with Gasteiger partial charge < -0.3 is 9.15 Å². The summed E-state index contributed by atoms with van der Waals surface area (Å²) < 4.78 is 10.7. The first-order valence-electron chi connectivity index (χ1n) is 7.98. The van der Waals surface area contributed by atoms with E-state index in [0.717, 1.165) is 17.1 Å². The van der Waals surface area contributed by atoms with E-state index in [-0.39, 0.29) is 5.69 Å². The Hall–Kier alpha value is -3.10. The molecule has 0 saturated carbocycles. The number of furan rings is 1. The summed E-state index contributed by atoms with van der Waals surface area (Å²) >= 11 is 0. The van der Waals surface area contributed by atoms with Crippen LogP contribution < -0.4 is 11.3 Å². The molecule has 3 aromatic rings. The van der Waals surface area contributed by atoms with Crippen LogP contribution >= 0.6 is 0 Å². The number of hydrazine groups is 1. The van der Waals surface area contributed by atoms with Gasteiger partial charge in [0.25, 0.3) is 5.91 Å². The van der Waals surface area contributed by atoms with Gasteiger partial charge >= 0.3 is 0 Å². The van der Waals surface area contributed by atoms with Crippen molar-refractivity contribution in [3.05, 3.63) is 65.1 Å². The van der Waals surface area contributed by atoms with Crippen LogP contribution in [-0.4, -0.2) is 28.0 Å². The number of ether oxygens (including phenoxy) is 1. The van der Waals surface area contributed by atoms with E-state index >= 15 is 0 Å². The highest BCUT2D eigenvalue weighted by atomic mass is 16.5. The molecule has 0 bridgehead atoms. The standard InChI is InChI=1S/C18H19N5O3/c1-11-6-7-16(26-11)14-9-15(18(24)23-19)22-17(21-14)8-12-4-3-5-13(20-12)10-25-2/h3-7,9H,8,10,19H2,1-2H3,(H,23,24). The van der Waals surface area contributed by atoms with Crippen LogP contribution in [0.2, 0.25) is 0 Å². The number of aromatic nitrogens is 3. The highest BCUT2D eigenvalue weighted by Crippen LogP contribution is 2.21. The Kier molecular flexibility index (Phi) is 5.35. The zero-order valence-electron chi connectivity index (χ0n) is 14.5. The lowest BCUT2D eigenvalue weighted by atomic mass is 10.2. The first kappa shape index (κ1) is 17.7. The number of nitrogens with one attached hydrogen (secondary N) is 1. The van der Waals surface area contributed by atoms with Crippen LogP contribution in [0.4, 0.5) is 0 Å². The molecule has 1 amide bonds. The zero-order chi connectivity index (χ0) is 18.5. The predicted molar refractivity (Wildman–Crippen MR) is 93.9 cm³/mol. The zero-order valence-corrected chi connectivity index (χ0v) is 14.5. The number of aryl methyl sites for hydroxylation is 1. The number of amides is 1. The van der Waals surface area contributed by atoms with Crippen LogP contribution in [0.15, 0.2) is 40.8 Å². The third-order valence-corrected chi connectivity index (χ3v) is 3.62. The fraction of sp³-hybridized carbons (Fsp3) is 0.222. The first-order valence-corrected chi connectivity index (χ1v) is 7.98. The molecule has 3 N–H and O–H groups in total. The number of carbonyl (C=O) groups is 1. The van der Waals surface area contributed by atoms with Gasteiger partial charge in [0.05, 0.1) is 18.7 Å². The van der Waals surface area contributed by atoms with Crippen molar-refractivity contribution in [2.24, 2.45) is 5.84 Å². The minimum absolute atomic E-state index is 0.162. The molecule has 8 nitrogen and oxygen atoms in total. The van der Waals surface area contributed by atoms with Crippen molar-refractivity contribution in [2.45, 2.75) is 20.0 Å². The normalized spacial score (nSPS) is 10.7. The molecule has 0 radical (unpaired) electrons. The van der Waals surface area contributed by atoms with E-state index in [1.165, 1.54) is 0 Å². The second-order valence-electron chi connectivity index (χ2n) is 5.67. The van der Waals surface area contributed by atoms with Gasteiger partial charge in [0.1, 0.15) is 23.0 Å². The number of methoxy groups -OCH3 is 1. The Labute approximate surface area is 150 Å². The highest BCUT2D eigenvalue weighted by Gasteiger charge is 2.15. The average Bonchev–Trinajstić information content (AvgIpc) is 3.08. The van der Waals surface area contributed by atoms with Crippen LogP contribution in [0.3, 0.4) is 0 Å². The van der Waals surface area contributed by atoms with Gasteiger partial charge in [0.15, 0.2) is 5.76 Å². The van der Waals surface area contributed by atoms with E-state index in [1.807, 2.05) is 31.2 Å². The van der Waals surface area contributed by atoms with Gasteiger partial charge in [0.2, 0.25) is 0 Å². The summed E-state index contributed by atoms with van der Waals surface area (Å²) in [6.45, 7) is 2.26. The van der Waals surface area contributed by atoms with Crippen LogP contribution in [0, 0.1) is 6.92 Å². The van der Waals surface area contributed by atoms with Crippen molar-refractivity contribution in [3.63, 3.8) is 0 Å². The van der Waals surface area contributed by atoms with Crippen LogP contribution in [0.25, 0.3) is 11.5 Å². The summed E-state index contributed by atoms with van der Waals surface area (Å²) in [5.74, 6) is 6.49. The monoisotopic (exact) mass is 353 g/mol. The third kappa shape index (κ3) is 4.11. The van der Waals surface area contributed by atoms with E-state index in [0.29, 0.717) is 30.3 Å². The fourth-order valence-electron chi connectivity index (χ4n) is 2.48. The molecule has 0 aliphatic rings. The second kappa shape index (κ2) is 7.85. The summed E-state index contributed by atoms with van der Waals surface area (Å²) in [4.78, 5) is 25.3. The molecular weight excluding hydrogens is 334 g/mol. The van der Waals surface area contributed by atoms with E-state index in [1.54, 1.807) is 19.2 Å². The number of rotatable bonds is 6. The molecule has 3 rings (SSSR count). The molecule has 0 aliphatic heterocycles. The Morgan fingerprint density at radius 1 is 1.19 bits per heavy atom. The largest absolute Gasteiger partial charge is 0.460 e. The average molecular weight is 353 g/mol. The lowest BCUT2D eigenvalue weighted by Gasteiger charge is -2.07. The van der Waals surface area contributed by atoms with Crippen molar-refractivity contribution in [3.8, 4) is 11.5 Å². The number of hydrogen-bond donors (Lipinski definition) is 2. The lowest BCUT2D eigenvalue weighted by molar-refractivity contribution is 0.0948. The Bertz CT molecular complexity index is 923. The smallest absolute Gasteiger partial charge is 0.283 e.